The van der Waals surface area contributed by atoms with Crippen molar-refractivity contribution in [3.63, 3.8) is 0 Å². The monoisotopic (exact) mass is 164 g/mol. The number of carboxylic acids is 2. The van der Waals surface area contributed by atoms with Crippen molar-refractivity contribution in [1.82, 2.24) is 0 Å². The third-order valence-electron chi connectivity index (χ3n) is 0.447. The molecule has 7 heteroatoms. The Labute approximate surface area is 111 Å². The zero-order valence-electron chi connectivity index (χ0n) is 5.66. The predicted molar refractivity (Wildman–Crippen MR) is 16.0 cm³/mol. The Morgan fingerprint density at radius 3 is 1.40 bits per heavy atom. The van der Waals surface area contributed by atoms with Crippen LogP contribution in [0.4, 0.5) is 0 Å². The Balaban J connectivity index is -0.000000245. The predicted octanol–water partition coefficient (Wildman–Crippen LogP) is -10.1. The molecule has 0 amide bonds. The van der Waals surface area contributed by atoms with E-state index in [1.807, 2.05) is 0 Å². The van der Waals surface area contributed by atoms with Crippen LogP contribution >= 0.6 is 0 Å². The van der Waals surface area contributed by atoms with E-state index in [1.165, 1.54) is 0 Å². The normalized spacial score (nSPS) is 7.40. The van der Waals surface area contributed by atoms with Gasteiger partial charge in [-0.1, -0.05) is 0 Å². The van der Waals surface area contributed by atoms with Gasteiger partial charge in [0, 0.05) is 0 Å². The van der Waals surface area contributed by atoms with Gasteiger partial charge in [-0.05, 0) is 0 Å². The first-order valence-electron chi connectivity index (χ1n) is 1.65. The minimum atomic E-state index is -2.52. The molecule has 0 aromatic heterocycles. The van der Waals surface area contributed by atoms with E-state index in [1.54, 1.807) is 0 Å². The number of aliphatic hydroxyl groups is 1. The van der Waals surface area contributed by atoms with E-state index in [0.717, 1.165) is 0 Å². The van der Waals surface area contributed by atoms with Crippen molar-refractivity contribution in [2.45, 2.75) is 6.10 Å². The van der Waals surface area contributed by atoms with Crippen LogP contribution < -0.4 is 80.5 Å². The second-order valence-electron chi connectivity index (χ2n) is 1.04. The van der Waals surface area contributed by atoms with Crippen LogP contribution in [0.15, 0.2) is 0 Å². The SMILES string of the molecule is O=C([O-])C(O)C(=O)[O-].[K+].[Li+]. The second-order valence-corrected chi connectivity index (χ2v) is 1.04. The number of aliphatic hydroxyl groups excluding tert-OH is 1. The van der Waals surface area contributed by atoms with Gasteiger partial charge in [0.05, 0.1) is 11.9 Å². The fourth-order valence-corrected chi connectivity index (χ4v) is 0.0962. The Bertz CT molecular complexity index is 112. The number of carbonyl (C=O) groups is 2. The van der Waals surface area contributed by atoms with Gasteiger partial charge in [-0.15, -0.1) is 0 Å². The van der Waals surface area contributed by atoms with E-state index in [4.69, 9.17) is 5.11 Å². The number of carbonyl (C=O) groups excluding carboxylic acids is 2. The third-order valence-corrected chi connectivity index (χ3v) is 0.447. The molecule has 0 unspecified atom stereocenters. The summed E-state index contributed by atoms with van der Waals surface area (Å²) < 4.78 is 0. The van der Waals surface area contributed by atoms with Gasteiger partial charge in [-0.25, -0.2) is 0 Å². The minimum Gasteiger partial charge on any atom is -0.547 e. The van der Waals surface area contributed by atoms with Crippen molar-refractivity contribution in [3.05, 3.63) is 0 Å². The molecule has 5 nitrogen and oxygen atoms in total. The number of carboxylic acid groups (broad SMARTS) is 2. The van der Waals surface area contributed by atoms with Gasteiger partial charge in [0.25, 0.3) is 0 Å². The van der Waals surface area contributed by atoms with Crippen LogP contribution in [0.2, 0.25) is 0 Å². The summed E-state index contributed by atoms with van der Waals surface area (Å²) in [6.45, 7) is 0. The zero-order chi connectivity index (χ0) is 6.73. The van der Waals surface area contributed by atoms with Crippen LogP contribution in [-0.2, 0) is 9.59 Å². The molecule has 1 N–H and O–H groups in total. The molecule has 0 heterocycles. The average molecular weight is 164 g/mol. The number of hydrogen-bond acceptors (Lipinski definition) is 5. The fourth-order valence-electron chi connectivity index (χ4n) is 0.0962. The van der Waals surface area contributed by atoms with Crippen LogP contribution in [0.25, 0.3) is 0 Å². The number of rotatable bonds is 2. The summed E-state index contributed by atoms with van der Waals surface area (Å²) in [6, 6.07) is 0. The first-order valence-corrected chi connectivity index (χ1v) is 1.65. The van der Waals surface area contributed by atoms with Gasteiger partial charge in [-0.3, -0.25) is 0 Å². The van der Waals surface area contributed by atoms with E-state index in [0.29, 0.717) is 0 Å². The molecule has 10 heavy (non-hydrogen) atoms. The Morgan fingerprint density at radius 2 is 1.40 bits per heavy atom. The van der Waals surface area contributed by atoms with Crippen LogP contribution in [0.1, 0.15) is 0 Å². The molecule has 0 aliphatic heterocycles. The summed E-state index contributed by atoms with van der Waals surface area (Å²) in [7, 11) is 0. The number of hydrogen-bond donors (Lipinski definition) is 1. The van der Waals surface area contributed by atoms with Crippen molar-refractivity contribution in [2.75, 3.05) is 0 Å². The maximum absolute atomic E-state index is 9.36. The summed E-state index contributed by atoms with van der Waals surface area (Å²) in [5.74, 6) is -4.13. The summed E-state index contributed by atoms with van der Waals surface area (Å²) in [6.07, 6.45) is -2.52. The van der Waals surface area contributed by atoms with E-state index in [9.17, 15) is 19.8 Å². The van der Waals surface area contributed by atoms with Gasteiger partial charge in [0.15, 0.2) is 0 Å². The van der Waals surface area contributed by atoms with E-state index < -0.39 is 18.0 Å². The molecule has 0 radical (unpaired) electrons. The van der Waals surface area contributed by atoms with Gasteiger partial charge in [-0.2, -0.15) is 0 Å². The van der Waals surface area contributed by atoms with E-state index in [-0.39, 0.29) is 70.2 Å². The summed E-state index contributed by atoms with van der Waals surface area (Å²) in [4.78, 5) is 18.7. The standard InChI is InChI=1S/C3H4O5.K.Li/c4-1(2(5)6)3(7)8;;/h1,4H,(H,5,6)(H,7,8);;/q;2*+1/p-2. The van der Waals surface area contributed by atoms with Crippen molar-refractivity contribution >= 4 is 11.9 Å². The molecule has 0 bridgehead atoms. The zero-order valence-corrected chi connectivity index (χ0v) is 8.78. The Hall–Kier alpha value is 1.13. The molecular weight excluding hydrogens is 162 g/mol. The first kappa shape index (κ1) is 17.3. The molecule has 0 fully saturated rings. The fraction of sp³-hybridized carbons (Fsp3) is 0.333. The first-order chi connectivity index (χ1) is 3.55. The van der Waals surface area contributed by atoms with Gasteiger partial charge < -0.3 is 24.9 Å². The summed E-state index contributed by atoms with van der Waals surface area (Å²) >= 11 is 0. The Morgan fingerprint density at radius 1 is 1.20 bits per heavy atom. The molecule has 0 aliphatic rings. The van der Waals surface area contributed by atoms with Gasteiger partial charge in [0.1, 0.15) is 6.10 Å². The maximum atomic E-state index is 9.36. The molecule has 0 atom stereocenters. The van der Waals surface area contributed by atoms with Crippen LogP contribution in [0.3, 0.4) is 0 Å². The topological polar surface area (TPSA) is 100 Å². The summed E-state index contributed by atoms with van der Waals surface area (Å²) in [5.41, 5.74) is 0. The van der Waals surface area contributed by atoms with Crippen LogP contribution in [0, 0.1) is 0 Å². The Kier molecular flexibility index (Phi) is 14.2. The van der Waals surface area contributed by atoms with Crippen molar-refractivity contribution in [2.24, 2.45) is 0 Å². The van der Waals surface area contributed by atoms with Crippen molar-refractivity contribution < 1.29 is 95.2 Å². The van der Waals surface area contributed by atoms with Crippen molar-refractivity contribution in [1.29, 1.82) is 0 Å². The quantitative estimate of drug-likeness (QED) is 0.322. The smallest absolute Gasteiger partial charge is 0.547 e. The molecule has 0 spiro atoms. The molecule has 0 aromatic rings. The third kappa shape index (κ3) is 7.24. The van der Waals surface area contributed by atoms with Crippen molar-refractivity contribution in [3.8, 4) is 0 Å². The average Bonchev–Trinajstić information content (AvgIpc) is 1.64. The molecule has 0 saturated heterocycles. The minimum absolute atomic E-state index is 0. The van der Waals surface area contributed by atoms with Crippen LogP contribution in [-0.4, -0.2) is 23.1 Å². The van der Waals surface area contributed by atoms with E-state index in [2.05, 4.69) is 0 Å². The summed E-state index contributed by atoms with van der Waals surface area (Å²) in [5, 5.41) is 26.6. The molecular formula is C3H2KLiO5. The van der Waals surface area contributed by atoms with Gasteiger partial charge >= 0.3 is 70.2 Å². The molecule has 0 rings (SSSR count). The molecule has 0 aromatic carbocycles. The maximum Gasteiger partial charge on any atom is 1.00 e. The second kappa shape index (κ2) is 8.23. The van der Waals surface area contributed by atoms with Crippen LogP contribution in [0.5, 0.6) is 0 Å². The molecule has 0 saturated carbocycles. The largest absolute Gasteiger partial charge is 1.00 e. The van der Waals surface area contributed by atoms with E-state index >= 15 is 0 Å². The molecule has 0 aliphatic carbocycles. The van der Waals surface area contributed by atoms with Gasteiger partial charge in [0.2, 0.25) is 0 Å². The number of aliphatic carboxylic acids is 2. The molecule has 46 valence electrons.